The second-order valence-corrected chi connectivity index (χ2v) is 9.14. The van der Waals surface area contributed by atoms with Gasteiger partial charge in [-0.2, -0.15) is 18.6 Å². The summed E-state index contributed by atoms with van der Waals surface area (Å²) in [5.41, 5.74) is 1.16. The maximum absolute atomic E-state index is 14.2. The number of alkyl halides is 2. The fourth-order valence-electron chi connectivity index (χ4n) is 3.38. The van der Waals surface area contributed by atoms with E-state index < -0.39 is 23.7 Å². The molecule has 1 atom stereocenters. The van der Waals surface area contributed by atoms with Crippen molar-refractivity contribution in [2.75, 3.05) is 0 Å². The highest BCUT2D eigenvalue weighted by atomic mass is 35.5. The average Bonchev–Trinajstić information content (AvgIpc) is 3.58. The molecule has 0 aliphatic carbocycles. The highest BCUT2D eigenvalue weighted by molar-refractivity contribution is 7.19. The topological polar surface area (TPSA) is 132 Å². The number of tetrazole rings is 1. The molecule has 0 aromatic carbocycles. The third kappa shape index (κ3) is 3.90. The number of halogens is 3. The number of carbonyl (C=O) groups excluding carboxylic acids is 1. The summed E-state index contributed by atoms with van der Waals surface area (Å²) in [5, 5.41) is 19.9. The molecule has 2 N–H and O–H groups in total. The van der Waals surface area contributed by atoms with E-state index in [-0.39, 0.29) is 16.9 Å². The van der Waals surface area contributed by atoms with Crippen molar-refractivity contribution in [1.29, 1.82) is 0 Å². The van der Waals surface area contributed by atoms with Crippen molar-refractivity contribution in [3.05, 3.63) is 58.5 Å². The monoisotopic (exact) mass is 504 g/mol. The van der Waals surface area contributed by atoms with Crippen molar-refractivity contribution >= 4 is 34.5 Å². The Bertz CT molecular complexity index is 1490. The highest BCUT2D eigenvalue weighted by Crippen LogP contribution is 2.34. The molecule has 0 saturated carbocycles. The number of H-pyrrole nitrogens is 1. The van der Waals surface area contributed by atoms with E-state index in [1.165, 1.54) is 23.7 Å². The van der Waals surface area contributed by atoms with Gasteiger partial charge in [0.05, 0.1) is 32.7 Å². The van der Waals surface area contributed by atoms with Crippen LogP contribution in [0.15, 0.2) is 36.9 Å². The Balaban J connectivity index is 1.67. The minimum atomic E-state index is -3.34. The molecule has 5 aromatic heterocycles. The maximum Gasteiger partial charge on any atom is 0.305 e. The molecule has 0 saturated heterocycles. The van der Waals surface area contributed by atoms with E-state index in [9.17, 15) is 13.6 Å². The molecule has 174 valence electrons. The number of thiophene rings is 1. The number of rotatable bonds is 6. The van der Waals surface area contributed by atoms with Crippen molar-refractivity contribution in [2.45, 2.75) is 25.8 Å². The van der Waals surface area contributed by atoms with Crippen LogP contribution in [0.3, 0.4) is 0 Å². The van der Waals surface area contributed by atoms with Crippen molar-refractivity contribution in [1.82, 2.24) is 50.1 Å². The van der Waals surface area contributed by atoms with Crippen LogP contribution in [-0.2, 0) is 5.92 Å². The van der Waals surface area contributed by atoms with Gasteiger partial charge in [0.1, 0.15) is 17.8 Å². The molecule has 5 rings (SSSR count). The second-order valence-electron chi connectivity index (χ2n) is 7.42. The zero-order valence-corrected chi connectivity index (χ0v) is 19.1. The fraction of sp³-hybridized carbons (Fsp3) is 0.211. The standard InChI is InChI=1S/C19H15ClF2N10OS/c1-9(15-24-8-25-27-15)26-17(33)10-5-11(32-18(19(2,21)22)28-29-30-32)16-23-6-12(31(16)7-10)13-3-4-14(20)34-13/h3-9H,1-2H3,(H,26,33)(H,24,25,27). The van der Waals surface area contributed by atoms with Gasteiger partial charge in [0.25, 0.3) is 5.91 Å². The third-order valence-corrected chi connectivity index (χ3v) is 6.21. The second kappa shape index (κ2) is 8.22. The number of hydrogen-bond acceptors (Lipinski definition) is 8. The van der Waals surface area contributed by atoms with Crippen LogP contribution in [0.25, 0.3) is 21.9 Å². The van der Waals surface area contributed by atoms with Crippen LogP contribution in [-0.4, -0.2) is 50.7 Å². The van der Waals surface area contributed by atoms with E-state index in [1.54, 1.807) is 35.9 Å². The number of pyridine rings is 1. The van der Waals surface area contributed by atoms with Gasteiger partial charge < -0.3 is 5.32 Å². The molecule has 0 aliphatic rings. The molecular formula is C19H15ClF2N10OS. The Morgan fingerprint density at radius 2 is 2.15 bits per heavy atom. The largest absolute Gasteiger partial charge is 0.342 e. The number of carbonyl (C=O) groups is 1. The Morgan fingerprint density at radius 1 is 1.32 bits per heavy atom. The lowest BCUT2D eigenvalue weighted by Crippen LogP contribution is -2.28. The van der Waals surface area contributed by atoms with E-state index in [0.29, 0.717) is 22.8 Å². The molecule has 0 radical (unpaired) electrons. The van der Waals surface area contributed by atoms with E-state index in [2.05, 4.69) is 41.0 Å². The quantitative estimate of drug-likeness (QED) is 0.362. The van der Waals surface area contributed by atoms with Crippen LogP contribution < -0.4 is 5.32 Å². The Morgan fingerprint density at radius 3 is 2.82 bits per heavy atom. The summed E-state index contributed by atoms with van der Waals surface area (Å²) in [4.78, 5) is 22.3. The van der Waals surface area contributed by atoms with Crippen molar-refractivity contribution < 1.29 is 13.6 Å². The summed E-state index contributed by atoms with van der Waals surface area (Å²) in [6, 6.07) is 4.45. The van der Waals surface area contributed by atoms with Crippen LogP contribution in [0.4, 0.5) is 8.78 Å². The molecule has 0 spiro atoms. The predicted molar refractivity (Wildman–Crippen MR) is 118 cm³/mol. The Labute approximate surface area is 198 Å². The molecule has 0 aliphatic heterocycles. The molecule has 1 unspecified atom stereocenters. The molecule has 5 aromatic rings. The lowest BCUT2D eigenvalue weighted by atomic mass is 10.2. The number of nitrogens with zero attached hydrogens (tertiary/aromatic N) is 8. The first-order chi connectivity index (χ1) is 16.2. The van der Waals surface area contributed by atoms with Crippen LogP contribution >= 0.6 is 22.9 Å². The number of amides is 1. The predicted octanol–water partition coefficient (Wildman–Crippen LogP) is 3.41. The summed E-state index contributed by atoms with van der Waals surface area (Å²) in [6.07, 6.45) is 4.45. The molecule has 0 bridgehead atoms. The minimum Gasteiger partial charge on any atom is -0.342 e. The Kier molecular flexibility index (Phi) is 5.32. The number of imidazole rings is 1. The van der Waals surface area contributed by atoms with Crippen molar-refractivity contribution in [3.63, 3.8) is 0 Å². The number of fused-ring (bicyclic) bond motifs is 1. The lowest BCUT2D eigenvalue weighted by molar-refractivity contribution is 0.00530. The van der Waals surface area contributed by atoms with Crippen molar-refractivity contribution in [2.24, 2.45) is 0 Å². The lowest BCUT2D eigenvalue weighted by Gasteiger charge is -2.15. The van der Waals surface area contributed by atoms with E-state index in [0.717, 1.165) is 9.56 Å². The summed E-state index contributed by atoms with van der Waals surface area (Å²) in [6.45, 7) is 2.41. The fourth-order valence-corrected chi connectivity index (χ4v) is 4.43. The zero-order valence-electron chi connectivity index (χ0n) is 17.6. The SMILES string of the molecule is CC(NC(=O)c1cc(-n2nnnc2C(C)(F)F)c2ncc(-c3ccc(Cl)s3)n2c1)c1ncn[nH]1. The smallest absolute Gasteiger partial charge is 0.305 e. The van der Waals surface area contributed by atoms with Gasteiger partial charge in [-0.3, -0.25) is 14.3 Å². The van der Waals surface area contributed by atoms with Gasteiger partial charge in [-0.05, 0) is 35.5 Å². The Hall–Kier alpha value is -3.78. The van der Waals surface area contributed by atoms with E-state index in [4.69, 9.17) is 11.6 Å². The summed E-state index contributed by atoms with van der Waals surface area (Å²) >= 11 is 7.41. The number of nitrogens with one attached hydrogen (secondary N) is 2. The van der Waals surface area contributed by atoms with Gasteiger partial charge in [0.2, 0.25) is 5.82 Å². The van der Waals surface area contributed by atoms with Crippen LogP contribution in [0.2, 0.25) is 4.34 Å². The van der Waals surface area contributed by atoms with Gasteiger partial charge in [-0.1, -0.05) is 11.6 Å². The minimum absolute atomic E-state index is 0.107. The third-order valence-electron chi connectivity index (χ3n) is 4.96. The molecule has 15 heteroatoms. The van der Waals surface area contributed by atoms with Gasteiger partial charge in [-0.25, -0.2) is 9.97 Å². The number of hydrogen-bond donors (Lipinski definition) is 2. The van der Waals surface area contributed by atoms with Crippen molar-refractivity contribution in [3.8, 4) is 16.3 Å². The summed E-state index contributed by atoms with van der Waals surface area (Å²) in [7, 11) is 0. The molecule has 34 heavy (non-hydrogen) atoms. The molecule has 11 nitrogen and oxygen atoms in total. The number of aromatic nitrogens is 9. The first-order valence-electron chi connectivity index (χ1n) is 9.82. The average molecular weight is 505 g/mol. The van der Waals surface area contributed by atoms with Crippen LogP contribution in [0, 0.1) is 0 Å². The van der Waals surface area contributed by atoms with Crippen LogP contribution in [0.5, 0.6) is 0 Å². The highest BCUT2D eigenvalue weighted by Gasteiger charge is 2.33. The van der Waals surface area contributed by atoms with Crippen LogP contribution in [0.1, 0.15) is 41.9 Å². The molecule has 5 heterocycles. The zero-order chi connectivity index (χ0) is 24.0. The normalized spacial score (nSPS) is 12.9. The number of aromatic amines is 1. The van der Waals surface area contributed by atoms with E-state index >= 15 is 0 Å². The molecular weight excluding hydrogens is 490 g/mol. The van der Waals surface area contributed by atoms with Gasteiger partial charge in [0, 0.05) is 13.1 Å². The summed E-state index contributed by atoms with van der Waals surface area (Å²) < 4.78 is 31.5. The first kappa shape index (κ1) is 22.0. The first-order valence-corrected chi connectivity index (χ1v) is 11.0. The van der Waals surface area contributed by atoms with Gasteiger partial charge >= 0.3 is 5.92 Å². The molecule has 1 amide bonds. The van der Waals surface area contributed by atoms with Gasteiger partial charge in [-0.15, -0.1) is 16.4 Å². The van der Waals surface area contributed by atoms with Gasteiger partial charge in [0.15, 0.2) is 5.65 Å². The molecule has 0 fully saturated rings. The maximum atomic E-state index is 14.2. The van der Waals surface area contributed by atoms with E-state index in [1.807, 2.05) is 0 Å². The summed E-state index contributed by atoms with van der Waals surface area (Å²) in [5.74, 6) is -4.05.